The summed E-state index contributed by atoms with van der Waals surface area (Å²) in [4.78, 5) is 0. The molecule has 0 spiro atoms. The van der Waals surface area contributed by atoms with E-state index in [0.29, 0.717) is 0 Å². The summed E-state index contributed by atoms with van der Waals surface area (Å²) in [5.74, 6) is 0. The largest absolute Gasteiger partial charge is 0.466 e. The maximum atomic E-state index is 9.37. The van der Waals surface area contributed by atoms with Gasteiger partial charge < -0.3 is 4.55 Å². The molecule has 0 amide bonds. The van der Waals surface area contributed by atoms with Gasteiger partial charge in [-0.15, -0.1) is 4.21 Å². The molecule has 0 aromatic rings. The van der Waals surface area contributed by atoms with E-state index in [-0.39, 0.29) is 0 Å². The van der Waals surface area contributed by atoms with Crippen molar-refractivity contribution in [3.05, 3.63) is 0 Å². The summed E-state index contributed by atoms with van der Waals surface area (Å²) in [7, 11) is 1.21. The minimum absolute atomic E-state index is 1.21. The van der Waals surface area contributed by atoms with Gasteiger partial charge in [0.2, 0.25) is 0 Å². The molecule has 0 aliphatic carbocycles. The van der Waals surface area contributed by atoms with E-state index in [1.807, 2.05) is 0 Å². The van der Waals surface area contributed by atoms with Crippen molar-refractivity contribution < 1.29 is 12.9 Å². The fourth-order valence-electron chi connectivity index (χ4n) is 0. The minimum atomic E-state index is -1.82. The molecule has 0 aromatic heterocycles. The highest BCUT2D eigenvalue weighted by molar-refractivity contribution is 7.74. The summed E-state index contributed by atoms with van der Waals surface area (Å²) in [6.07, 6.45) is 0. The molecule has 0 heterocycles. The van der Waals surface area contributed by atoms with Crippen molar-refractivity contribution in [2.75, 3.05) is 7.11 Å². The van der Waals surface area contributed by atoms with Gasteiger partial charge in [-0.05, 0) is 0 Å². The summed E-state index contributed by atoms with van der Waals surface area (Å²) < 4.78 is 19.3. The maximum Gasteiger partial charge on any atom is 0.466 e. The Balaban J connectivity index is 2.85. The number of hydrogen-bond acceptors (Lipinski definition) is 2. The average Bonchev–Trinajstić information content (AvgIpc) is 1.38. The second-order valence-corrected chi connectivity index (χ2v) is 1.20. The molecule has 0 aromatic carbocycles. The molecular formula is CH5O3S+. The van der Waals surface area contributed by atoms with Gasteiger partial charge in [0.05, 0.1) is 7.11 Å². The van der Waals surface area contributed by atoms with Gasteiger partial charge in [-0.3, -0.25) is 0 Å². The topological polar surface area (TPSA) is 49.2 Å². The van der Waals surface area contributed by atoms with Crippen LogP contribution >= 0.6 is 0 Å². The predicted octanol–water partition coefficient (Wildman–Crippen LogP) is -1.06. The van der Waals surface area contributed by atoms with Crippen molar-refractivity contribution in [3.8, 4) is 0 Å². The number of hydrogen-bond donors (Lipinski definition) is 0. The highest BCUT2D eigenvalue weighted by Crippen LogP contribution is 1.64. The van der Waals surface area contributed by atoms with Crippen molar-refractivity contribution in [2.24, 2.45) is 0 Å². The summed E-state index contributed by atoms with van der Waals surface area (Å²) in [6.45, 7) is 0. The van der Waals surface area contributed by atoms with Crippen LogP contribution in [0.15, 0.2) is 0 Å². The molecular weight excluding hydrogens is 92.1 g/mol. The molecule has 1 atom stereocenters. The average molecular weight is 97.1 g/mol. The summed E-state index contributed by atoms with van der Waals surface area (Å²) in [6, 6.07) is 0. The van der Waals surface area contributed by atoms with E-state index in [4.69, 9.17) is 4.55 Å². The SMILES string of the molecule is COS(=O)[OH2+]. The van der Waals surface area contributed by atoms with Crippen LogP contribution in [0.4, 0.5) is 0 Å². The molecule has 0 saturated carbocycles. The van der Waals surface area contributed by atoms with E-state index in [9.17, 15) is 4.21 Å². The Morgan fingerprint density at radius 1 is 2.00 bits per heavy atom. The Morgan fingerprint density at radius 3 is 2.20 bits per heavy atom. The van der Waals surface area contributed by atoms with Crippen LogP contribution in [0.2, 0.25) is 0 Å². The standard InChI is InChI=1S/CH4O3S/c1-4-5(2)3/h1H3,(H,2,3)/p+1. The molecule has 0 saturated heterocycles. The fourth-order valence-corrected chi connectivity index (χ4v) is 0. The van der Waals surface area contributed by atoms with Gasteiger partial charge >= 0.3 is 11.4 Å². The van der Waals surface area contributed by atoms with E-state index < -0.39 is 11.4 Å². The Kier molecular flexibility index (Phi) is 2.35. The van der Waals surface area contributed by atoms with Crippen molar-refractivity contribution >= 4 is 11.4 Å². The lowest BCUT2D eigenvalue weighted by Gasteiger charge is -1.70. The zero-order valence-electron chi connectivity index (χ0n) is 2.72. The second kappa shape index (κ2) is 2.32. The lowest BCUT2D eigenvalue weighted by Crippen LogP contribution is -1.84. The first-order valence-electron chi connectivity index (χ1n) is 0.946. The van der Waals surface area contributed by atoms with Crippen molar-refractivity contribution in [1.29, 1.82) is 0 Å². The van der Waals surface area contributed by atoms with Crippen LogP contribution in [-0.4, -0.2) is 15.9 Å². The third-order valence-corrected chi connectivity index (χ3v) is 0.454. The Morgan fingerprint density at radius 2 is 2.20 bits per heavy atom. The molecule has 5 heavy (non-hydrogen) atoms. The molecule has 4 heteroatoms. The quantitative estimate of drug-likeness (QED) is 0.391. The van der Waals surface area contributed by atoms with Crippen molar-refractivity contribution in [1.82, 2.24) is 0 Å². The van der Waals surface area contributed by atoms with Crippen LogP contribution in [0.5, 0.6) is 0 Å². The van der Waals surface area contributed by atoms with E-state index in [1.165, 1.54) is 7.11 Å². The lowest BCUT2D eigenvalue weighted by atomic mass is 11.8. The summed E-state index contributed by atoms with van der Waals surface area (Å²) in [5, 5.41) is 0. The normalized spacial score (nSPS) is 14.8. The molecule has 0 bridgehead atoms. The molecule has 0 aliphatic rings. The monoisotopic (exact) mass is 97.0 g/mol. The highest BCUT2D eigenvalue weighted by atomic mass is 32.2. The first-order chi connectivity index (χ1) is 2.27. The van der Waals surface area contributed by atoms with Crippen LogP contribution in [0.1, 0.15) is 0 Å². The lowest BCUT2D eigenvalue weighted by molar-refractivity contribution is 0.379. The van der Waals surface area contributed by atoms with Gasteiger partial charge in [0.25, 0.3) is 0 Å². The molecule has 0 radical (unpaired) electrons. The van der Waals surface area contributed by atoms with Crippen LogP contribution in [0.3, 0.4) is 0 Å². The molecule has 1 unspecified atom stereocenters. The highest BCUT2D eigenvalue weighted by Gasteiger charge is 1.84. The van der Waals surface area contributed by atoms with Gasteiger partial charge in [0.15, 0.2) is 0 Å². The van der Waals surface area contributed by atoms with Gasteiger partial charge in [-0.1, -0.05) is 0 Å². The first-order valence-corrected chi connectivity index (χ1v) is 2.02. The third-order valence-electron chi connectivity index (χ3n) is 0.151. The van der Waals surface area contributed by atoms with Gasteiger partial charge in [-0.25, -0.2) is 4.18 Å². The first kappa shape index (κ1) is 5.07. The Hall–Kier alpha value is 0.0700. The van der Waals surface area contributed by atoms with Crippen LogP contribution in [0, 0.1) is 0 Å². The van der Waals surface area contributed by atoms with Gasteiger partial charge in [0.1, 0.15) is 0 Å². The maximum absolute atomic E-state index is 9.37. The van der Waals surface area contributed by atoms with Gasteiger partial charge in [0, 0.05) is 0 Å². The van der Waals surface area contributed by atoms with Crippen LogP contribution < -0.4 is 0 Å². The van der Waals surface area contributed by atoms with Crippen molar-refractivity contribution in [2.45, 2.75) is 0 Å². The Bertz CT molecular complexity index is 42.2. The zero-order chi connectivity index (χ0) is 4.28. The third kappa shape index (κ3) is 4.07. The molecule has 3 nitrogen and oxygen atoms in total. The van der Waals surface area contributed by atoms with E-state index in [2.05, 4.69) is 4.18 Å². The molecule has 2 N–H and O–H groups in total. The molecule has 0 fully saturated rings. The smallest absolute Gasteiger partial charge is 0.327 e. The molecule has 32 valence electrons. The summed E-state index contributed by atoms with van der Waals surface area (Å²) in [5.41, 5.74) is 0. The van der Waals surface area contributed by atoms with Gasteiger partial charge in [-0.2, -0.15) is 0 Å². The molecule has 0 aliphatic heterocycles. The number of rotatable bonds is 1. The zero-order valence-corrected chi connectivity index (χ0v) is 3.54. The van der Waals surface area contributed by atoms with E-state index in [1.54, 1.807) is 0 Å². The minimum Gasteiger partial charge on any atom is -0.327 e. The van der Waals surface area contributed by atoms with Crippen LogP contribution in [0.25, 0.3) is 0 Å². The van der Waals surface area contributed by atoms with E-state index in [0.717, 1.165) is 0 Å². The fraction of sp³-hybridized carbons (Fsp3) is 1.00. The van der Waals surface area contributed by atoms with Crippen LogP contribution in [-0.2, 0) is 15.5 Å². The Labute approximate surface area is 32.4 Å². The van der Waals surface area contributed by atoms with E-state index >= 15 is 0 Å². The predicted molar refractivity (Wildman–Crippen MR) is 18.8 cm³/mol. The summed E-state index contributed by atoms with van der Waals surface area (Å²) >= 11 is -1.82. The molecule has 0 rings (SSSR count). The second-order valence-electron chi connectivity index (χ2n) is 0.401. The van der Waals surface area contributed by atoms with Crippen molar-refractivity contribution in [3.63, 3.8) is 0 Å².